The molecule has 37 heavy (non-hydrogen) atoms. The number of anilines is 2. The van der Waals surface area contributed by atoms with Crippen molar-refractivity contribution in [1.29, 1.82) is 0 Å². The van der Waals surface area contributed by atoms with E-state index in [0.29, 0.717) is 40.5 Å². The van der Waals surface area contributed by atoms with E-state index >= 15 is 0 Å². The van der Waals surface area contributed by atoms with Gasteiger partial charge in [0, 0.05) is 42.8 Å². The number of nitrogens with one attached hydrogen (secondary N) is 1. The van der Waals surface area contributed by atoms with Gasteiger partial charge in [-0.25, -0.2) is 9.07 Å². The molecule has 2 aromatic heterocycles. The molecule has 12 heteroatoms. The maximum absolute atomic E-state index is 14.3. The van der Waals surface area contributed by atoms with Gasteiger partial charge in [-0.2, -0.15) is 18.3 Å². The number of hydrogen-bond donors (Lipinski definition) is 1. The second kappa shape index (κ2) is 9.04. The third kappa shape index (κ3) is 4.60. The summed E-state index contributed by atoms with van der Waals surface area (Å²) in [5.74, 6) is -1.90. The summed E-state index contributed by atoms with van der Waals surface area (Å²) in [4.78, 5) is 30.2. The summed E-state index contributed by atoms with van der Waals surface area (Å²) in [6, 6.07) is 11.8. The maximum Gasteiger partial charge on any atom is 0.419 e. The summed E-state index contributed by atoms with van der Waals surface area (Å²) in [5, 5.41) is 6.93. The zero-order valence-electron chi connectivity index (χ0n) is 19.1. The largest absolute Gasteiger partial charge is 0.481 e. The first-order chi connectivity index (χ1) is 17.6. The third-order valence-corrected chi connectivity index (χ3v) is 5.73. The van der Waals surface area contributed by atoms with Crippen molar-refractivity contribution in [3.63, 3.8) is 0 Å². The van der Waals surface area contributed by atoms with Crippen LogP contribution in [0.3, 0.4) is 0 Å². The number of hydrogen-bond acceptors (Lipinski definition) is 5. The molecule has 0 bridgehead atoms. The second-order valence-electron chi connectivity index (χ2n) is 8.10. The number of rotatable bonds is 4. The van der Waals surface area contributed by atoms with Gasteiger partial charge in [0.25, 0.3) is 11.8 Å². The number of benzene rings is 2. The Morgan fingerprint density at radius 2 is 1.81 bits per heavy atom. The zero-order valence-corrected chi connectivity index (χ0v) is 19.1. The first kappa shape index (κ1) is 24.0. The standard InChI is InChI=1S/C25H17F4N5O3/c1-33-20-5-2-15(10-22(20)37-13-23(33)35)31-24(36)19-12-21(14-6-8-30-9-7-14)34(32-19)16-3-4-17(18(26)11-16)25(27,28)29/h2-12H,13H2,1H3,(H,31,36). The molecule has 0 saturated heterocycles. The number of carbonyl (C=O) groups is 2. The Morgan fingerprint density at radius 1 is 1.05 bits per heavy atom. The number of aromatic nitrogens is 3. The zero-order chi connectivity index (χ0) is 26.3. The summed E-state index contributed by atoms with van der Waals surface area (Å²) in [6.45, 7) is -0.135. The molecular weight excluding hydrogens is 494 g/mol. The van der Waals surface area contributed by atoms with Gasteiger partial charge in [0.1, 0.15) is 11.6 Å². The highest BCUT2D eigenvalue weighted by atomic mass is 19.4. The Balaban J connectivity index is 1.50. The fourth-order valence-electron chi connectivity index (χ4n) is 3.83. The van der Waals surface area contributed by atoms with Gasteiger partial charge in [-0.05, 0) is 42.5 Å². The molecule has 0 saturated carbocycles. The Labute approximate surface area is 207 Å². The van der Waals surface area contributed by atoms with E-state index in [1.54, 1.807) is 37.4 Å². The average molecular weight is 511 g/mol. The van der Waals surface area contributed by atoms with E-state index < -0.39 is 23.5 Å². The highest BCUT2D eigenvalue weighted by molar-refractivity contribution is 6.04. The molecule has 0 fully saturated rings. The van der Waals surface area contributed by atoms with Crippen molar-refractivity contribution >= 4 is 23.2 Å². The monoisotopic (exact) mass is 511 g/mol. The molecule has 0 spiro atoms. The van der Waals surface area contributed by atoms with Crippen molar-refractivity contribution in [2.75, 3.05) is 23.9 Å². The molecule has 5 rings (SSSR count). The van der Waals surface area contributed by atoms with Crippen molar-refractivity contribution in [1.82, 2.24) is 14.8 Å². The summed E-state index contributed by atoms with van der Waals surface area (Å²) in [5.41, 5.74) is 0.311. The predicted octanol–water partition coefficient (Wildman–Crippen LogP) is 4.70. The molecule has 0 unspecified atom stereocenters. The number of alkyl halides is 3. The molecule has 8 nitrogen and oxygen atoms in total. The number of carbonyl (C=O) groups excluding carboxylic acids is 2. The average Bonchev–Trinajstić information content (AvgIpc) is 3.32. The van der Waals surface area contributed by atoms with Crippen molar-refractivity contribution in [2.45, 2.75) is 6.18 Å². The predicted molar refractivity (Wildman–Crippen MR) is 125 cm³/mol. The summed E-state index contributed by atoms with van der Waals surface area (Å²) in [7, 11) is 1.61. The molecule has 1 aliphatic heterocycles. The maximum atomic E-state index is 14.3. The molecule has 1 N–H and O–H groups in total. The third-order valence-electron chi connectivity index (χ3n) is 5.73. The molecule has 0 aliphatic carbocycles. The van der Waals surface area contributed by atoms with E-state index in [0.717, 1.165) is 6.07 Å². The van der Waals surface area contributed by atoms with Gasteiger partial charge in [0.15, 0.2) is 12.3 Å². The van der Waals surface area contributed by atoms with Crippen molar-refractivity contribution in [3.05, 3.63) is 84.1 Å². The van der Waals surface area contributed by atoms with E-state index in [1.807, 2.05) is 0 Å². The van der Waals surface area contributed by atoms with Gasteiger partial charge < -0.3 is 15.0 Å². The Bertz CT molecular complexity index is 1520. The fourth-order valence-corrected chi connectivity index (χ4v) is 3.83. The van der Waals surface area contributed by atoms with Crippen LogP contribution in [-0.4, -0.2) is 40.2 Å². The van der Waals surface area contributed by atoms with E-state index in [4.69, 9.17) is 4.74 Å². The smallest absolute Gasteiger partial charge is 0.419 e. The minimum Gasteiger partial charge on any atom is -0.481 e. The van der Waals surface area contributed by atoms with Crippen LogP contribution < -0.4 is 15.0 Å². The quantitative estimate of drug-likeness (QED) is 0.402. The van der Waals surface area contributed by atoms with Crippen molar-refractivity contribution in [3.8, 4) is 22.7 Å². The molecule has 188 valence electrons. The second-order valence-corrected chi connectivity index (χ2v) is 8.10. The minimum atomic E-state index is -4.85. The van der Waals surface area contributed by atoms with Crippen LogP contribution in [-0.2, 0) is 11.0 Å². The van der Waals surface area contributed by atoms with Crippen LogP contribution in [0.5, 0.6) is 5.75 Å². The summed E-state index contributed by atoms with van der Waals surface area (Å²) < 4.78 is 60.1. The molecule has 4 aromatic rings. The van der Waals surface area contributed by atoms with Crippen LogP contribution in [0.4, 0.5) is 28.9 Å². The van der Waals surface area contributed by atoms with Crippen LogP contribution in [0, 0.1) is 5.82 Å². The Kier molecular flexibility index (Phi) is 5.86. The highest BCUT2D eigenvalue weighted by Crippen LogP contribution is 2.35. The van der Waals surface area contributed by atoms with Gasteiger partial charge in [-0.1, -0.05) is 0 Å². The molecule has 3 heterocycles. The number of likely N-dealkylation sites (N-methyl/N-ethyl adjacent to an activating group) is 1. The van der Waals surface area contributed by atoms with Gasteiger partial charge in [-0.15, -0.1) is 0 Å². The number of ether oxygens (including phenoxy) is 1. The van der Waals surface area contributed by atoms with E-state index in [2.05, 4.69) is 15.4 Å². The number of halogens is 4. The van der Waals surface area contributed by atoms with E-state index in [1.165, 1.54) is 28.0 Å². The topological polar surface area (TPSA) is 89.4 Å². The van der Waals surface area contributed by atoms with Gasteiger partial charge in [0.05, 0.1) is 22.6 Å². The van der Waals surface area contributed by atoms with Crippen molar-refractivity contribution < 1.29 is 31.9 Å². The Hall–Kier alpha value is -4.74. The minimum absolute atomic E-state index is 0.00810. The first-order valence-corrected chi connectivity index (χ1v) is 10.8. The number of amides is 2. The van der Waals surface area contributed by atoms with Gasteiger partial charge in [-0.3, -0.25) is 14.6 Å². The molecule has 1 aliphatic rings. The molecule has 2 aromatic carbocycles. The van der Waals surface area contributed by atoms with Crippen LogP contribution in [0.15, 0.2) is 67.0 Å². The van der Waals surface area contributed by atoms with Crippen molar-refractivity contribution in [2.24, 2.45) is 0 Å². The SMILES string of the molecule is CN1C(=O)COc2cc(NC(=O)c3cc(-c4ccncc4)n(-c4ccc(C(F)(F)F)c(F)c4)n3)ccc21. The molecule has 0 atom stereocenters. The van der Waals surface area contributed by atoms with E-state index in [9.17, 15) is 27.2 Å². The number of nitrogens with zero attached hydrogens (tertiary/aromatic N) is 4. The lowest BCUT2D eigenvalue weighted by Gasteiger charge is -2.26. The van der Waals surface area contributed by atoms with Gasteiger partial charge in [0.2, 0.25) is 0 Å². The lowest BCUT2D eigenvalue weighted by molar-refractivity contribution is -0.140. The molecule has 0 radical (unpaired) electrons. The first-order valence-electron chi connectivity index (χ1n) is 10.8. The normalized spacial score (nSPS) is 13.2. The lowest BCUT2D eigenvalue weighted by atomic mass is 10.1. The molecular formula is C25H17F4N5O3. The van der Waals surface area contributed by atoms with Crippen LogP contribution in [0.1, 0.15) is 16.1 Å². The van der Waals surface area contributed by atoms with Crippen LogP contribution in [0.2, 0.25) is 0 Å². The van der Waals surface area contributed by atoms with E-state index in [-0.39, 0.29) is 23.9 Å². The Morgan fingerprint density at radius 3 is 2.51 bits per heavy atom. The van der Waals surface area contributed by atoms with Crippen LogP contribution in [0.25, 0.3) is 16.9 Å². The lowest BCUT2D eigenvalue weighted by Crippen LogP contribution is -2.35. The van der Waals surface area contributed by atoms with Gasteiger partial charge >= 0.3 is 6.18 Å². The fraction of sp³-hybridized carbons (Fsp3) is 0.120. The number of fused-ring (bicyclic) bond motifs is 1. The summed E-state index contributed by atoms with van der Waals surface area (Å²) in [6.07, 6.45) is -1.87. The highest BCUT2D eigenvalue weighted by Gasteiger charge is 2.34. The van der Waals surface area contributed by atoms with Crippen LogP contribution >= 0.6 is 0 Å². The molecule has 2 amide bonds. The summed E-state index contributed by atoms with van der Waals surface area (Å²) >= 11 is 0. The number of pyridine rings is 1.